The van der Waals surface area contributed by atoms with Crippen molar-refractivity contribution in [2.24, 2.45) is 0 Å². The Hall–Kier alpha value is -2.47. The first-order valence-electron chi connectivity index (χ1n) is 7.80. The van der Waals surface area contributed by atoms with Crippen molar-refractivity contribution < 1.29 is 9.53 Å². The van der Waals surface area contributed by atoms with Crippen LogP contribution < -0.4 is 10.9 Å². The van der Waals surface area contributed by atoms with Gasteiger partial charge in [0.15, 0.2) is 0 Å². The largest absolute Gasteiger partial charge is 0.383 e. The van der Waals surface area contributed by atoms with E-state index in [0.717, 1.165) is 0 Å². The van der Waals surface area contributed by atoms with Crippen molar-refractivity contribution in [3.8, 4) is 0 Å². The molecule has 0 spiro atoms. The van der Waals surface area contributed by atoms with Crippen molar-refractivity contribution in [2.45, 2.75) is 32.7 Å². The highest BCUT2D eigenvalue weighted by molar-refractivity contribution is 6.02. The quantitative estimate of drug-likeness (QED) is 0.914. The Labute approximate surface area is 141 Å². The lowest BCUT2D eigenvalue weighted by atomic mass is 9.87. The fourth-order valence-electron chi connectivity index (χ4n) is 2.16. The SMILES string of the molecule is COCCn1nc(C(=O)Nc2ccc(C(C)(C)C)cc2)ccc1=O. The molecule has 6 heteroatoms. The molecule has 2 rings (SSSR count). The van der Waals surface area contributed by atoms with Crippen molar-refractivity contribution in [1.82, 2.24) is 9.78 Å². The number of carbonyl (C=O) groups excluding carboxylic acids is 1. The van der Waals surface area contributed by atoms with Crippen LogP contribution in [-0.4, -0.2) is 29.4 Å². The van der Waals surface area contributed by atoms with E-state index in [9.17, 15) is 9.59 Å². The summed E-state index contributed by atoms with van der Waals surface area (Å²) in [6.07, 6.45) is 0. The van der Waals surface area contributed by atoms with Gasteiger partial charge in [-0.05, 0) is 29.2 Å². The average molecular weight is 329 g/mol. The molecule has 0 aliphatic carbocycles. The number of anilines is 1. The first-order valence-corrected chi connectivity index (χ1v) is 7.80. The number of nitrogens with zero attached hydrogens (tertiary/aromatic N) is 2. The third-order valence-electron chi connectivity index (χ3n) is 3.62. The van der Waals surface area contributed by atoms with Gasteiger partial charge in [-0.1, -0.05) is 32.9 Å². The Morgan fingerprint density at radius 3 is 2.42 bits per heavy atom. The number of amides is 1. The number of aromatic nitrogens is 2. The Kier molecular flexibility index (Phi) is 5.51. The highest BCUT2D eigenvalue weighted by Crippen LogP contribution is 2.23. The monoisotopic (exact) mass is 329 g/mol. The van der Waals surface area contributed by atoms with Crippen LogP contribution >= 0.6 is 0 Å². The van der Waals surface area contributed by atoms with E-state index in [1.54, 1.807) is 7.11 Å². The van der Waals surface area contributed by atoms with Gasteiger partial charge in [-0.15, -0.1) is 0 Å². The molecule has 0 bridgehead atoms. The lowest BCUT2D eigenvalue weighted by Gasteiger charge is -2.19. The molecule has 0 saturated heterocycles. The molecule has 24 heavy (non-hydrogen) atoms. The zero-order valence-corrected chi connectivity index (χ0v) is 14.5. The predicted octanol–water partition coefficient (Wildman–Crippen LogP) is 2.44. The summed E-state index contributed by atoms with van der Waals surface area (Å²) < 4.78 is 6.16. The smallest absolute Gasteiger partial charge is 0.276 e. The summed E-state index contributed by atoms with van der Waals surface area (Å²) in [5, 5.41) is 6.87. The normalized spacial score (nSPS) is 11.3. The molecule has 0 fully saturated rings. The van der Waals surface area contributed by atoms with Crippen molar-refractivity contribution in [3.63, 3.8) is 0 Å². The molecule has 0 unspecified atom stereocenters. The summed E-state index contributed by atoms with van der Waals surface area (Å²) in [5.74, 6) is -0.357. The second-order valence-corrected chi connectivity index (χ2v) is 6.55. The minimum Gasteiger partial charge on any atom is -0.383 e. The number of ether oxygens (including phenoxy) is 1. The number of carbonyl (C=O) groups is 1. The molecule has 6 nitrogen and oxygen atoms in total. The number of benzene rings is 1. The minimum absolute atomic E-state index is 0.0565. The molecule has 0 atom stereocenters. The average Bonchev–Trinajstić information content (AvgIpc) is 2.53. The summed E-state index contributed by atoms with van der Waals surface area (Å²) in [7, 11) is 1.54. The van der Waals surface area contributed by atoms with Crippen molar-refractivity contribution in [2.75, 3.05) is 19.0 Å². The molecular weight excluding hydrogens is 306 g/mol. The molecule has 1 heterocycles. The van der Waals surface area contributed by atoms with Crippen LogP contribution in [-0.2, 0) is 16.7 Å². The van der Waals surface area contributed by atoms with Crippen LogP contribution in [0.1, 0.15) is 36.8 Å². The zero-order valence-electron chi connectivity index (χ0n) is 14.5. The Morgan fingerprint density at radius 1 is 1.17 bits per heavy atom. The first-order chi connectivity index (χ1) is 11.3. The third kappa shape index (κ3) is 4.52. The fourth-order valence-corrected chi connectivity index (χ4v) is 2.16. The summed E-state index contributed by atoms with van der Waals surface area (Å²) in [6, 6.07) is 10.5. The Bertz CT molecular complexity index is 758. The van der Waals surface area contributed by atoms with Gasteiger partial charge < -0.3 is 10.1 Å². The van der Waals surface area contributed by atoms with Gasteiger partial charge in [-0.2, -0.15) is 5.10 Å². The van der Waals surface area contributed by atoms with Gasteiger partial charge in [0, 0.05) is 18.9 Å². The molecular formula is C18H23N3O3. The lowest BCUT2D eigenvalue weighted by Crippen LogP contribution is -2.27. The summed E-state index contributed by atoms with van der Waals surface area (Å²) in [4.78, 5) is 24.0. The van der Waals surface area contributed by atoms with Crippen molar-refractivity contribution in [1.29, 1.82) is 0 Å². The van der Waals surface area contributed by atoms with Crippen LogP contribution in [0.5, 0.6) is 0 Å². The van der Waals surface area contributed by atoms with Crippen LogP contribution in [0.3, 0.4) is 0 Å². The summed E-state index contributed by atoms with van der Waals surface area (Å²) >= 11 is 0. The van der Waals surface area contributed by atoms with Crippen LogP contribution in [0.25, 0.3) is 0 Å². The second kappa shape index (κ2) is 7.40. The van der Waals surface area contributed by atoms with Crippen LogP contribution in [0.15, 0.2) is 41.2 Å². The number of methoxy groups -OCH3 is 1. The molecule has 0 radical (unpaired) electrons. The number of rotatable bonds is 5. The maximum Gasteiger partial charge on any atom is 0.276 e. The van der Waals surface area contributed by atoms with E-state index in [1.165, 1.54) is 22.4 Å². The molecule has 1 aromatic carbocycles. The van der Waals surface area contributed by atoms with E-state index in [1.807, 2.05) is 24.3 Å². The van der Waals surface area contributed by atoms with Crippen LogP contribution in [0.2, 0.25) is 0 Å². The summed E-state index contributed by atoms with van der Waals surface area (Å²) in [5.41, 5.74) is 1.85. The lowest BCUT2D eigenvalue weighted by molar-refractivity contribution is 0.101. The van der Waals surface area contributed by atoms with Crippen LogP contribution in [0, 0.1) is 0 Å². The maximum absolute atomic E-state index is 12.3. The van der Waals surface area contributed by atoms with E-state index in [0.29, 0.717) is 18.8 Å². The van der Waals surface area contributed by atoms with Gasteiger partial charge >= 0.3 is 0 Å². The molecule has 2 aromatic rings. The van der Waals surface area contributed by atoms with E-state index in [-0.39, 0.29) is 22.6 Å². The number of hydrogen-bond donors (Lipinski definition) is 1. The fraction of sp³-hybridized carbons (Fsp3) is 0.389. The van der Waals surface area contributed by atoms with Crippen molar-refractivity contribution in [3.05, 3.63) is 58.0 Å². The molecule has 0 saturated carbocycles. The summed E-state index contributed by atoms with van der Waals surface area (Å²) in [6.45, 7) is 7.05. The topological polar surface area (TPSA) is 73.2 Å². The minimum atomic E-state index is -0.357. The maximum atomic E-state index is 12.3. The van der Waals surface area contributed by atoms with Gasteiger partial charge in [0.1, 0.15) is 5.69 Å². The molecule has 0 aliphatic heterocycles. The van der Waals surface area contributed by atoms with Gasteiger partial charge in [-0.25, -0.2) is 4.68 Å². The van der Waals surface area contributed by atoms with Gasteiger partial charge in [-0.3, -0.25) is 9.59 Å². The second-order valence-electron chi connectivity index (χ2n) is 6.55. The van der Waals surface area contributed by atoms with E-state index in [2.05, 4.69) is 31.2 Å². The van der Waals surface area contributed by atoms with E-state index < -0.39 is 0 Å². The third-order valence-corrected chi connectivity index (χ3v) is 3.62. The van der Waals surface area contributed by atoms with Crippen LogP contribution in [0.4, 0.5) is 5.69 Å². The first kappa shape index (κ1) is 17.9. The molecule has 128 valence electrons. The van der Waals surface area contributed by atoms with Gasteiger partial charge in [0.2, 0.25) is 0 Å². The highest BCUT2D eigenvalue weighted by atomic mass is 16.5. The Balaban J connectivity index is 2.13. The van der Waals surface area contributed by atoms with Crippen molar-refractivity contribution >= 4 is 11.6 Å². The molecule has 1 N–H and O–H groups in total. The number of nitrogens with one attached hydrogen (secondary N) is 1. The highest BCUT2D eigenvalue weighted by Gasteiger charge is 2.14. The zero-order chi connectivity index (χ0) is 17.7. The molecule has 1 amide bonds. The standard InChI is InChI=1S/C18H23N3O3/c1-18(2,3)13-5-7-14(8-6-13)19-17(23)15-9-10-16(22)21(20-15)11-12-24-4/h5-10H,11-12H2,1-4H3,(H,19,23). The number of hydrogen-bond acceptors (Lipinski definition) is 4. The van der Waals surface area contributed by atoms with E-state index in [4.69, 9.17) is 4.74 Å². The Morgan fingerprint density at radius 2 is 1.83 bits per heavy atom. The molecule has 0 aliphatic rings. The van der Waals surface area contributed by atoms with Gasteiger partial charge in [0.05, 0.1) is 13.2 Å². The molecule has 1 aromatic heterocycles. The van der Waals surface area contributed by atoms with E-state index >= 15 is 0 Å². The predicted molar refractivity (Wildman–Crippen MR) is 93.5 cm³/mol. The van der Waals surface area contributed by atoms with Gasteiger partial charge in [0.25, 0.3) is 11.5 Å².